The van der Waals surface area contributed by atoms with E-state index in [2.05, 4.69) is 27.1 Å². The minimum absolute atomic E-state index is 0.0269. The molecule has 0 unspecified atom stereocenters. The molecule has 3 aromatic heterocycles. The predicted molar refractivity (Wildman–Crippen MR) is 103 cm³/mol. The number of piperidine rings is 1. The van der Waals surface area contributed by atoms with Crippen molar-refractivity contribution in [3.8, 4) is 10.6 Å². The normalized spacial score (nSPS) is 15.4. The molecule has 4 heterocycles. The maximum Gasteiger partial charge on any atom is 0.266 e. The van der Waals surface area contributed by atoms with Crippen LogP contribution in [0.3, 0.4) is 0 Å². The van der Waals surface area contributed by atoms with Gasteiger partial charge in [0.05, 0.1) is 24.3 Å². The van der Waals surface area contributed by atoms with E-state index >= 15 is 0 Å². The molecule has 0 aliphatic carbocycles. The van der Waals surface area contributed by atoms with Gasteiger partial charge >= 0.3 is 0 Å². The average Bonchev–Trinajstić information content (AvgIpc) is 3.35. The summed E-state index contributed by atoms with van der Waals surface area (Å²) >= 11 is 1.71. The first-order valence-corrected chi connectivity index (χ1v) is 9.95. The lowest BCUT2D eigenvalue weighted by Crippen LogP contribution is -2.35. The van der Waals surface area contributed by atoms with Crippen molar-refractivity contribution in [2.45, 2.75) is 32.4 Å². The molecule has 26 heavy (non-hydrogen) atoms. The summed E-state index contributed by atoms with van der Waals surface area (Å²) in [7, 11) is 0. The topological polar surface area (TPSA) is 56.0 Å². The Balaban J connectivity index is 1.46. The SMILES string of the molecule is O=c1ccc(-c2ccc(Cn3ccnc3)s2)nn1CCN1CCCCC1. The van der Waals surface area contributed by atoms with Gasteiger partial charge in [-0.3, -0.25) is 4.79 Å². The van der Waals surface area contributed by atoms with Crippen LogP contribution in [-0.2, 0) is 13.1 Å². The van der Waals surface area contributed by atoms with Gasteiger partial charge in [-0.2, -0.15) is 5.10 Å². The Labute approximate surface area is 156 Å². The summed E-state index contributed by atoms with van der Waals surface area (Å²) in [6.45, 7) is 4.62. The highest BCUT2D eigenvalue weighted by Gasteiger charge is 2.11. The van der Waals surface area contributed by atoms with E-state index in [9.17, 15) is 4.79 Å². The van der Waals surface area contributed by atoms with Crippen LogP contribution in [0.1, 0.15) is 24.1 Å². The number of aromatic nitrogens is 4. The van der Waals surface area contributed by atoms with Crippen LogP contribution < -0.4 is 5.56 Å². The monoisotopic (exact) mass is 369 g/mol. The van der Waals surface area contributed by atoms with Crippen LogP contribution in [0.5, 0.6) is 0 Å². The van der Waals surface area contributed by atoms with E-state index in [0.717, 1.165) is 36.8 Å². The molecule has 1 aliphatic rings. The Morgan fingerprint density at radius 1 is 1.04 bits per heavy atom. The third-order valence-corrected chi connectivity index (χ3v) is 5.85. The van der Waals surface area contributed by atoms with Crippen molar-refractivity contribution < 1.29 is 0 Å². The van der Waals surface area contributed by atoms with Crippen LogP contribution in [0.4, 0.5) is 0 Å². The van der Waals surface area contributed by atoms with Crippen LogP contribution in [0.25, 0.3) is 10.6 Å². The molecule has 0 radical (unpaired) electrons. The molecule has 6 nitrogen and oxygen atoms in total. The Morgan fingerprint density at radius 3 is 2.73 bits per heavy atom. The average molecular weight is 369 g/mol. The van der Waals surface area contributed by atoms with Gasteiger partial charge in [0.1, 0.15) is 5.69 Å². The van der Waals surface area contributed by atoms with Gasteiger partial charge in [-0.25, -0.2) is 9.67 Å². The lowest BCUT2D eigenvalue weighted by molar-refractivity contribution is 0.216. The first-order valence-electron chi connectivity index (χ1n) is 9.13. The first kappa shape index (κ1) is 17.2. The summed E-state index contributed by atoms with van der Waals surface area (Å²) in [6, 6.07) is 7.66. The van der Waals surface area contributed by atoms with E-state index in [-0.39, 0.29) is 5.56 Å². The van der Waals surface area contributed by atoms with Crippen molar-refractivity contribution >= 4 is 11.3 Å². The van der Waals surface area contributed by atoms with E-state index < -0.39 is 0 Å². The molecule has 7 heteroatoms. The molecule has 1 aliphatic heterocycles. The van der Waals surface area contributed by atoms with Gasteiger partial charge in [-0.05, 0) is 44.1 Å². The van der Waals surface area contributed by atoms with Crippen molar-refractivity contribution in [2.24, 2.45) is 0 Å². The molecule has 0 bridgehead atoms. The molecular formula is C19H23N5OS. The number of hydrogen-bond donors (Lipinski definition) is 0. The van der Waals surface area contributed by atoms with Crippen LogP contribution in [-0.4, -0.2) is 43.9 Å². The fourth-order valence-electron chi connectivity index (χ4n) is 3.32. The highest BCUT2D eigenvalue weighted by molar-refractivity contribution is 7.15. The second kappa shape index (κ2) is 7.97. The minimum atomic E-state index is -0.0269. The van der Waals surface area contributed by atoms with Crippen LogP contribution in [0.15, 0.2) is 47.8 Å². The molecule has 0 aromatic carbocycles. The van der Waals surface area contributed by atoms with Crippen molar-refractivity contribution in [2.75, 3.05) is 19.6 Å². The molecule has 1 fully saturated rings. The van der Waals surface area contributed by atoms with Gasteiger partial charge in [0, 0.05) is 29.9 Å². The zero-order valence-electron chi connectivity index (χ0n) is 14.8. The third-order valence-electron chi connectivity index (χ3n) is 4.76. The second-order valence-electron chi connectivity index (χ2n) is 6.68. The van der Waals surface area contributed by atoms with E-state index in [0.29, 0.717) is 6.54 Å². The highest BCUT2D eigenvalue weighted by Crippen LogP contribution is 2.26. The van der Waals surface area contributed by atoms with Crippen LogP contribution >= 0.6 is 11.3 Å². The Kier molecular flexibility index (Phi) is 5.26. The summed E-state index contributed by atoms with van der Waals surface area (Å²) in [6.07, 6.45) is 9.41. The van der Waals surface area contributed by atoms with Crippen LogP contribution in [0.2, 0.25) is 0 Å². The maximum absolute atomic E-state index is 12.2. The van der Waals surface area contributed by atoms with Gasteiger partial charge in [-0.1, -0.05) is 6.42 Å². The molecule has 1 saturated heterocycles. The number of nitrogens with zero attached hydrogens (tertiary/aromatic N) is 5. The summed E-state index contributed by atoms with van der Waals surface area (Å²) in [4.78, 5) is 21.0. The molecule has 0 N–H and O–H groups in total. The molecule has 136 valence electrons. The third kappa shape index (κ3) is 4.11. The Hall–Kier alpha value is -2.25. The van der Waals surface area contributed by atoms with E-state index in [1.165, 1.54) is 24.1 Å². The van der Waals surface area contributed by atoms with Crippen molar-refractivity contribution in [3.63, 3.8) is 0 Å². The van der Waals surface area contributed by atoms with Crippen LogP contribution in [0, 0.1) is 0 Å². The smallest absolute Gasteiger partial charge is 0.266 e. The summed E-state index contributed by atoms with van der Waals surface area (Å²) in [5.41, 5.74) is 0.839. The molecule has 0 saturated carbocycles. The molecule has 3 aromatic rings. The van der Waals surface area contributed by atoms with E-state index in [1.807, 2.05) is 23.2 Å². The van der Waals surface area contributed by atoms with Gasteiger partial charge in [0.15, 0.2) is 0 Å². The first-order chi connectivity index (χ1) is 12.8. The van der Waals surface area contributed by atoms with Crippen molar-refractivity contribution in [1.82, 2.24) is 24.2 Å². The predicted octanol–water partition coefficient (Wildman–Crippen LogP) is 2.70. The maximum atomic E-state index is 12.2. The molecule has 0 amide bonds. The number of imidazole rings is 1. The fraction of sp³-hybridized carbons (Fsp3) is 0.421. The Morgan fingerprint density at radius 2 is 1.92 bits per heavy atom. The lowest BCUT2D eigenvalue weighted by Gasteiger charge is -2.26. The van der Waals surface area contributed by atoms with E-state index in [1.54, 1.807) is 28.3 Å². The lowest BCUT2D eigenvalue weighted by atomic mass is 10.1. The number of hydrogen-bond acceptors (Lipinski definition) is 5. The zero-order chi connectivity index (χ0) is 17.8. The van der Waals surface area contributed by atoms with Gasteiger partial charge in [0.2, 0.25) is 0 Å². The van der Waals surface area contributed by atoms with Crippen molar-refractivity contribution in [3.05, 3.63) is 58.2 Å². The Bertz CT molecular complexity index is 893. The largest absolute Gasteiger partial charge is 0.332 e. The van der Waals surface area contributed by atoms with Gasteiger partial charge < -0.3 is 9.47 Å². The second-order valence-corrected chi connectivity index (χ2v) is 7.85. The van der Waals surface area contributed by atoms with Gasteiger partial charge in [-0.15, -0.1) is 11.3 Å². The molecule has 0 atom stereocenters. The number of thiophene rings is 1. The minimum Gasteiger partial charge on any atom is -0.332 e. The summed E-state index contributed by atoms with van der Waals surface area (Å²) in [5.74, 6) is 0. The fourth-order valence-corrected chi connectivity index (χ4v) is 4.30. The summed E-state index contributed by atoms with van der Waals surface area (Å²) < 4.78 is 3.65. The molecular weight excluding hydrogens is 346 g/mol. The molecule has 0 spiro atoms. The zero-order valence-corrected chi connectivity index (χ0v) is 15.6. The number of likely N-dealkylation sites (tertiary alicyclic amines) is 1. The van der Waals surface area contributed by atoms with Crippen molar-refractivity contribution in [1.29, 1.82) is 0 Å². The standard InChI is InChI=1S/C19H23N5OS/c25-19-7-5-17(21-24(19)13-12-22-9-2-1-3-10-22)18-6-4-16(26-18)14-23-11-8-20-15-23/h4-8,11,15H,1-3,9-10,12-14H2. The molecule has 4 rings (SSSR count). The van der Waals surface area contributed by atoms with E-state index in [4.69, 9.17) is 0 Å². The highest BCUT2D eigenvalue weighted by atomic mass is 32.1. The number of rotatable bonds is 6. The quantitative estimate of drug-likeness (QED) is 0.670. The van der Waals surface area contributed by atoms with Gasteiger partial charge in [0.25, 0.3) is 5.56 Å². The summed E-state index contributed by atoms with van der Waals surface area (Å²) in [5, 5.41) is 4.61.